The highest BCUT2D eigenvalue weighted by molar-refractivity contribution is 5.85. The standard InChI is InChI=1S/C13H16O3/c1-5-10-8(2)9-6-12(14-3)13(15-4)7-11(9)16-10/h6-7H,5H2,1-4H3. The Bertz CT molecular complexity index is 511. The van der Waals surface area contributed by atoms with E-state index in [0.717, 1.165) is 28.9 Å². The van der Waals surface area contributed by atoms with Gasteiger partial charge >= 0.3 is 0 Å². The quantitative estimate of drug-likeness (QED) is 0.795. The van der Waals surface area contributed by atoms with Crippen molar-refractivity contribution in [2.24, 2.45) is 0 Å². The third kappa shape index (κ3) is 1.52. The molecular formula is C13H16O3. The lowest BCUT2D eigenvalue weighted by Gasteiger charge is -2.06. The van der Waals surface area contributed by atoms with Crippen LogP contribution < -0.4 is 9.47 Å². The molecule has 0 saturated heterocycles. The third-order valence-electron chi connectivity index (χ3n) is 2.86. The molecule has 2 rings (SSSR count). The van der Waals surface area contributed by atoms with Gasteiger partial charge in [-0.15, -0.1) is 0 Å². The molecule has 0 aliphatic carbocycles. The first-order chi connectivity index (χ1) is 7.71. The molecule has 0 atom stereocenters. The Morgan fingerprint density at radius 2 is 1.75 bits per heavy atom. The van der Waals surface area contributed by atoms with Crippen LogP contribution in [0, 0.1) is 6.92 Å². The highest BCUT2D eigenvalue weighted by Gasteiger charge is 2.13. The number of aryl methyl sites for hydroxylation is 2. The number of hydrogen-bond donors (Lipinski definition) is 0. The van der Waals surface area contributed by atoms with Crippen LogP contribution in [-0.2, 0) is 6.42 Å². The summed E-state index contributed by atoms with van der Waals surface area (Å²) in [5.74, 6) is 2.46. The third-order valence-corrected chi connectivity index (χ3v) is 2.86. The van der Waals surface area contributed by atoms with Gasteiger partial charge in [0.05, 0.1) is 14.2 Å². The number of fused-ring (bicyclic) bond motifs is 1. The van der Waals surface area contributed by atoms with Crippen molar-refractivity contribution in [3.8, 4) is 11.5 Å². The van der Waals surface area contributed by atoms with Crippen molar-refractivity contribution in [3.05, 3.63) is 23.5 Å². The predicted octanol–water partition coefficient (Wildman–Crippen LogP) is 3.32. The monoisotopic (exact) mass is 220 g/mol. The van der Waals surface area contributed by atoms with E-state index in [4.69, 9.17) is 13.9 Å². The maximum Gasteiger partial charge on any atom is 0.164 e. The summed E-state index contributed by atoms with van der Waals surface area (Å²) in [4.78, 5) is 0. The lowest BCUT2D eigenvalue weighted by atomic mass is 10.1. The lowest BCUT2D eigenvalue weighted by molar-refractivity contribution is 0.355. The first kappa shape index (κ1) is 10.9. The zero-order valence-corrected chi connectivity index (χ0v) is 10.1. The molecule has 1 aromatic heterocycles. The van der Waals surface area contributed by atoms with Gasteiger partial charge in [0.25, 0.3) is 0 Å². The molecule has 0 fully saturated rings. The minimum absolute atomic E-state index is 0.700. The molecule has 3 heteroatoms. The normalized spacial score (nSPS) is 10.8. The van der Waals surface area contributed by atoms with Crippen LogP contribution in [0.25, 0.3) is 11.0 Å². The molecule has 0 N–H and O–H groups in total. The van der Waals surface area contributed by atoms with Crippen molar-refractivity contribution >= 4 is 11.0 Å². The molecule has 0 aliphatic heterocycles. The molecule has 0 saturated carbocycles. The number of hydrogen-bond acceptors (Lipinski definition) is 3. The molecule has 2 aromatic rings. The molecule has 0 radical (unpaired) electrons. The largest absolute Gasteiger partial charge is 0.493 e. The highest BCUT2D eigenvalue weighted by atomic mass is 16.5. The Morgan fingerprint density at radius 3 is 2.31 bits per heavy atom. The maximum absolute atomic E-state index is 5.75. The predicted molar refractivity (Wildman–Crippen MR) is 63.4 cm³/mol. The molecule has 86 valence electrons. The minimum Gasteiger partial charge on any atom is -0.493 e. The van der Waals surface area contributed by atoms with E-state index in [0.29, 0.717) is 5.75 Å². The van der Waals surface area contributed by atoms with Gasteiger partial charge in [0, 0.05) is 17.9 Å². The molecule has 0 unspecified atom stereocenters. The van der Waals surface area contributed by atoms with Crippen LogP contribution in [0.5, 0.6) is 11.5 Å². The Labute approximate surface area is 95.0 Å². The topological polar surface area (TPSA) is 31.6 Å². The van der Waals surface area contributed by atoms with E-state index in [2.05, 4.69) is 13.8 Å². The molecule has 0 aliphatic rings. The Balaban J connectivity index is 2.71. The molecule has 0 spiro atoms. The van der Waals surface area contributed by atoms with Crippen molar-refractivity contribution < 1.29 is 13.9 Å². The number of ether oxygens (including phenoxy) is 2. The second-order valence-corrected chi connectivity index (χ2v) is 3.71. The number of methoxy groups -OCH3 is 2. The molecule has 0 bridgehead atoms. The van der Waals surface area contributed by atoms with Crippen molar-refractivity contribution in [2.45, 2.75) is 20.3 Å². The maximum atomic E-state index is 5.75. The van der Waals surface area contributed by atoms with Gasteiger partial charge in [0.1, 0.15) is 11.3 Å². The van der Waals surface area contributed by atoms with Gasteiger partial charge in [0.15, 0.2) is 11.5 Å². The molecule has 1 aromatic carbocycles. The zero-order chi connectivity index (χ0) is 11.7. The van der Waals surface area contributed by atoms with Gasteiger partial charge in [-0.25, -0.2) is 0 Å². The lowest BCUT2D eigenvalue weighted by Crippen LogP contribution is -1.89. The van der Waals surface area contributed by atoms with Gasteiger partial charge in [-0.1, -0.05) is 6.92 Å². The van der Waals surface area contributed by atoms with E-state index in [1.54, 1.807) is 14.2 Å². The fourth-order valence-corrected chi connectivity index (χ4v) is 1.93. The number of rotatable bonds is 3. The summed E-state index contributed by atoms with van der Waals surface area (Å²) in [7, 11) is 3.26. The summed E-state index contributed by atoms with van der Waals surface area (Å²) in [6.45, 7) is 4.15. The fourth-order valence-electron chi connectivity index (χ4n) is 1.93. The molecule has 16 heavy (non-hydrogen) atoms. The van der Waals surface area contributed by atoms with E-state index in [1.165, 1.54) is 5.56 Å². The Morgan fingerprint density at radius 1 is 1.12 bits per heavy atom. The van der Waals surface area contributed by atoms with E-state index >= 15 is 0 Å². The van der Waals surface area contributed by atoms with Gasteiger partial charge in [-0.3, -0.25) is 0 Å². The van der Waals surface area contributed by atoms with E-state index < -0.39 is 0 Å². The van der Waals surface area contributed by atoms with Crippen molar-refractivity contribution in [3.63, 3.8) is 0 Å². The highest BCUT2D eigenvalue weighted by Crippen LogP contribution is 2.36. The molecule has 3 nitrogen and oxygen atoms in total. The van der Waals surface area contributed by atoms with Crippen LogP contribution in [0.4, 0.5) is 0 Å². The smallest absolute Gasteiger partial charge is 0.164 e. The SMILES string of the molecule is CCc1oc2cc(OC)c(OC)cc2c1C. The van der Waals surface area contributed by atoms with Crippen LogP contribution in [0.15, 0.2) is 16.5 Å². The minimum atomic E-state index is 0.700. The first-order valence-corrected chi connectivity index (χ1v) is 5.35. The van der Waals surface area contributed by atoms with Crippen molar-refractivity contribution in [1.29, 1.82) is 0 Å². The van der Waals surface area contributed by atoms with E-state index in [-0.39, 0.29) is 0 Å². The van der Waals surface area contributed by atoms with Crippen LogP contribution in [0.1, 0.15) is 18.2 Å². The average molecular weight is 220 g/mol. The van der Waals surface area contributed by atoms with Crippen LogP contribution in [-0.4, -0.2) is 14.2 Å². The summed E-state index contributed by atoms with van der Waals surface area (Å²) >= 11 is 0. The zero-order valence-electron chi connectivity index (χ0n) is 10.1. The molecule has 0 amide bonds. The first-order valence-electron chi connectivity index (χ1n) is 5.35. The van der Waals surface area contributed by atoms with Crippen LogP contribution in [0.2, 0.25) is 0 Å². The Kier molecular flexibility index (Phi) is 2.77. The van der Waals surface area contributed by atoms with Crippen molar-refractivity contribution in [2.75, 3.05) is 14.2 Å². The van der Waals surface area contributed by atoms with Crippen molar-refractivity contribution in [1.82, 2.24) is 0 Å². The van der Waals surface area contributed by atoms with Gasteiger partial charge in [-0.2, -0.15) is 0 Å². The number of benzene rings is 1. The summed E-state index contributed by atoms with van der Waals surface area (Å²) < 4.78 is 16.3. The van der Waals surface area contributed by atoms with E-state index in [9.17, 15) is 0 Å². The molecular weight excluding hydrogens is 204 g/mol. The second kappa shape index (κ2) is 4.08. The van der Waals surface area contributed by atoms with Crippen LogP contribution in [0.3, 0.4) is 0 Å². The van der Waals surface area contributed by atoms with Gasteiger partial charge in [-0.05, 0) is 18.6 Å². The second-order valence-electron chi connectivity index (χ2n) is 3.71. The average Bonchev–Trinajstić information content (AvgIpc) is 2.63. The molecule has 1 heterocycles. The van der Waals surface area contributed by atoms with Gasteiger partial charge in [0.2, 0.25) is 0 Å². The van der Waals surface area contributed by atoms with E-state index in [1.807, 2.05) is 12.1 Å². The fraction of sp³-hybridized carbons (Fsp3) is 0.385. The summed E-state index contributed by atoms with van der Waals surface area (Å²) in [6.07, 6.45) is 0.894. The number of furan rings is 1. The Hall–Kier alpha value is -1.64. The summed E-state index contributed by atoms with van der Waals surface area (Å²) in [5.41, 5.74) is 2.03. The summed E-state index contributed by atoms with van der Waals surface area (Å²) in [5, 5.41) is 1.09. The van der Waals surface area contributed by atoms with Crippen LogP contribution >= 0.6 is 0 Å². The summed E-state index contributed by atoms with van der Waals surface area (Å²) in [6, 6.07) is 3.84. The van der Waals surface area contributed by atoms with Gasteiger partial charge < -0.3 is 13.9 Å².